The number of carbonyl (C=O) groups excluding carboxylic acids is 2. The van der Waals surface area contributed by atoms with Crippen molar-refractivity contribution in [3.63, 3.8) is 0 Å². The Bertz CT molecular complexity index is 385. The first-order chi connectivity index (χ1) is 6.72. The third-order valence-corrected chi connectivity index (χ3v) is 2.10. The summed E-state index contributed by atoms with van der Waals surface area (Å²) in [6, 6.07) is -0.978. The lowest BCUT2D eigenvalue weighted by Crippen LogP contribution is -2.54. The molecular formula is C7H9N5O2. The van der Waals surface area contributed by atoms with E-state index in [0.29, 0.717) is 12.1 Å². The lowest BCUT2D eigenvalue weighted by molar-refractivity contribution is -0.123. The smallest absolute Gasteiger partial charge is 0.325 e. The van der Waals surface area contributed by atoms with Crippen molar-refractivity contribution in [2.75, 3.05) is 0 Å². The molecule has 2 heterocycles. The highest BCUT2D eigenvalue weighted by Crippen LogP contribution is 2.08. The molecule has 0 radical (unpaired) electrons. The number of hydrogen-bond donors (Lipinski definition) is 3. The van der Waals surface area contributed by atoms with Gasteiger partial charge in [-0.05, 0) is 0 Å². The van der Waals surface area contributed by atoms with Crippen LogP contribution in [0.5, 0.6) is 0 Å². The molecule has 0 aromatic carbocycles. The molecular weight excluding hydrogens is 186 g/mol. The van der Waals surface area contributed by atoms with Crippen molar-refractivity contribution in [2.45, 2.75) is 12.5 Å². The summed E-state index contributed by atoms with van der Waals surface area (Å²) < 4.78 is 1.36. The van der Waals surface area contributed by atoms with Crippen molar-refractivity contribution in [3.05, 3.63) is 18.2 Å². The molecule has 1 aromatic heterocycles. The van der Waals surface area contributed by atoms with E-state index in [4.69, 9.17) is 5.84 Å². The zero-order chi connectivity index (χ0) is 10.1. The number of rotatable bonds is 1. The van der Waals surface area contributed by atoms with Crippen molar-refractivity contribution < 1.29 is 9.59 Å². The molecule has 0 spiro atoms. The van der Waals surface area contributed by atoms with Gasteiger partial charge in [0.05, 0.1) is 0 Å². The number of nitrogens with two attached hydrogens (primary N) is 1. The van der Waals surface area contributed by atoms with Gasteiger partial charge < -0.3 is 5.32 Å². The minimum absolute atomic E-state index is 0.364. The maximum atomic E-state index is 11.4. The van der Waals surface area contributed by atoms with Crippen LogP contribution >= 0.6 is 0 Å². The first-order valence-corrected chi connectivity index (χ1v) is 4.05. The molecule has 2 amide bonds. The molecule has 1 aliphatic heterocycles. The Morgan fingerprint density at radius 3 is 3.29 bits per heavy atom. The van der Waals surface area contributed by atoms with E-state index in [9.17, 15) is 9.59 Å². The third-order valence-electron chi connectivity index (χ3n) is 2.10. The van der Waals surface area contributed by atoms with Crippen LogP contribution in [0.15, 0.2) is 12.5 Å². The number of carbonyl (C=O) groups is 2. The molecule has 0 unspecified atom stereocenters. The zero-order valence-electron chi connectivity index (χ0n) is 7.23. The normalized spacial score (nSPS) is 19.8. The fourth-order valence-corrected chi connectivity index (χ4v) is 1.39. The Morgan fingerprint density at radius 1 is 1.79 bits per heavy atom. The minimum Gasteiger partial charge on any atom is -0.325 e. The van der Waals surface area contributed by atoms with Gasteiger partial charge in [0.1, 0.15) is 12.4 Å². The third kappa shape index (κ3) is 1.23. The summed E-state index contributed by atoms with van der Waals surface area (Å²) in [7, 11) is 0. The summed E-state index contributed by atoms with van der Waals surface area (Å²) >= 11 is 0. The molecule has 1 atom stereocenters. The standard InChI is InChI=1S/C7H9N5O2/c8-11-6(13)5-1-4-2-9-3-12(4)7(14)10-5/h2-3,5H,1,8H2,(H,10,14)(H,11,13)/t5-/m0/s1. The van der Waals surface area contributed by atoms with Gasteiger partial charge in [0.15, 0.2) is 0 Å². The van der Waals surface area contributed by atoms with Crippen molar-refractivity contribution in [2.24, 2.45) is 5.84 Å². The highest BCUT2D eigenvalue weighted by molar-refractivity contribution is 5.89. The second kappa shape index (κ2) is 3.11. The summed E-state index contributed by atoms with van der Waals surface area (Å²) in [5.41, 5.74) is 2.69. The summed E-state index contributed by atoms with van der Waals surface area (Å²) in [4.78, 5) is 26.3. The minimum atomic E-state index is -0.614. The number of hydrogen-bond acceptors (Lipinski definition) is 4. The van der Waals surface area contributed by atoms with Crippen LogP contribution in [0, 0.1) is 0 Å². The number of nitrogens with zero attached hydrogens (tertiary/aromatic N) is 2. The zero-order valence-corrected chi connectivity index (χ0v) is 7.23. The molecule has 1 aromatic rings. The van der Waals surface area contributed by atoms with Crippen molar-refractivity contribution in [1.82, 2.24) is 20.3 Å². The van der Waals surface area contributed by atoms with E-state index in [1.807, 2.05) is 5.43 Å². The van der Waals surface area contributed by atoms with E-state index in [0.717, 1.165) is 0 Å². The molecule has 7 heteroatoms. The fraction of sp³-hybridized carbons (Fsp3) is 0.286. The van der Waals surface area contributed by atoms with Gasteiger partial charge in [-0.2, -0.15) is 0 Å². The molecule has 0 fully saturated rings. The average Bonchev–Trinajstić information content (AvgIpc) is 2.64. The maximum absolute atomic E-state index is 11.4. The predicted molar refractivity (Wildman–Crippen MR) is 46.0 cm³/mol. The second-order valence-electron chi connectivity index (χ2n) is 2.97. The van der Waals surface area contributed by atoms with Crippen LogP contribution in [0.25, 0.3) is 0 Å². The number of fused-ring (bicyclic) bond motifs is 1. The van der Waals surface area contributed by atoms with E-state index in [1.54, 1.807) is 6.20 Å². The van der Waals surface area contributed by atoms with Gasteiger partial charge >= 0.3 is 6.03 Å². The van der Waals surface area contributed by atoms with E-state index in [-0.39, 0.29) is 6.03 Å². The monoisotopic (exact) mass is 195 g/mol. The highest BCUT2D eigenvalue weighted by Gasteiger charge is 2.28. The van der Waals surface area contributed by atoms with Crippen molar-refractivity contribution >= 4 is 11.9 Å². The molecule has 74 valence electrons. The second-order valence-corrected chi connectivity index (χ2v) is 2.97. The topological polar surface area (TPSA) is 102 Å². The van der Waals surface area contributed by atoms with Crippen LogP contribution in [-0.4, -0.2) is 27.5 Å². The lowest BCUT2D eigenvalue weighted by Gasteiger charge is -2.22. The molecule has 0 bridgehead atoms. The maximum Gasteiger partial charge on any atom is 0.327 e. The van der Waals surface area contributed by atoms with Crippen LogP contribution in [-0.2, 0) is 11.2 Å². The van der Waals surface area contributed by atoms with E-state index in [2.05, 4.69) is 10.3 Å². The van der Waals surface area contributed by atoms with Gasteiger partial charge in [0.2, 0.25) is 0 Å². The summed E-state index contributed by atoms with van der Waals surface area (Å²) in [5, 5.41) is 2.50. The molecule has 4 N–H and O–H groups in total. The summed E-state index contributed by atoms with van der Waals surface area (Å²) in [6.45, 7) is 0. The predicted octanol–water partition coefficient (Wildman–Crippen LogP) is -1.64. The fourth-order valence-electron chi connectivity index (χ4n) is 1.39. The quantitative estimate of drug-likeness (QED) is 0.284. The van der Waals surface area contributed by atoms with Crippen LogP contribution < -0.4 is 16.6 Å². The van der Waals surface area contributed by atoms with Gasteiger partial charge in [-0.15, -0.1) is 0 Å². The lowest BCUT2D eigenvalue weighted by atomic mass is 10.1. The molecule has 2 rings (SSSR count). The number of aromatic nitrogens is 2. The van der Waals surface area contributed by atoms with Crippen LogP contribution in [0.4, 0.5) is 4.79 Å². The van der Waals surface area contributed by atoms with E-state index >= 15 is 0 Å². The Hall–Kier alpha value is -1.89. The van der Waals surface area contributed by atoms with Gasteiger partial charge in [-0.25, -0.2) is 15.6 Å². The SMILES string of the molecule is NNC(=O)[C@@H]1Cc2cncn2C(=O)N1. The Balaban J connectivity index is 2.25. The average molecular weight is 195 g/mol. The van der Waals surface area contributed by atoms with Crippen molar-refractivity contribution in [1.29, 1.82) is 0 Å². The van der Waals surface area contributed by atoms with Gasteiger partial charge in [-0.3, -0.25) is 14.8 Å². The number of hydrazine groups is 1. The van der Waals surface area contributed by atoms with Gasteiger partial charge in [0, 0.05) is 18.3 Å². The molecule has 1 aliphatic rings. The summed E-state index contributed by atoms with van der Waals surface area (Å²) in [6.07, 6.45) is 3.35. The highest BCUT2D eigenvalue weighted by atomic mass is 16.2. The summed E-state index contributed by atoms with van der Waals surface area (Å²) in [5.74, 6) is 4.56. The Kier molecular flexibility index (Phi) is 1.93. The van der Waals surface area contributed by atoms with Gasteiger partial charge in [0.25, 0.3) is 5.91 Å². The van der Waals surface area contributed by atoms with E-state index < -0.39 is 11.9 Å². The van der Waals surface area contributed by atoms with Gasteiger partial charge in [-0.1, -0.05) is 0 Å². The Labute approximate surface area is 79.3 Å². The van der Waals surface area contributed by atoms with Crippen LogP contribution in [0.1, 0.15) is 5.69 Å². The molecule has 14 heavy (non-hydrogen) atoms. The number of nitrogens with one attached hydrogen (secondary N) is 2. The number of imidazole rings is 1. The van der Waals surface area contributed by atoms with E-state index in [1.165, 1.54) is 10.9 Å². The first-order valence-electron chi connectivity index (χ1n) is 4.05. The van der Waals surface area contributed by atoms with Crippen LogP contribution in [0.3, 0.4) is 0 Å². The number of amides is 2. The molecule has 7 nitrogen and oxygen atoms in total. The molecule has 0 saturated heterocycles. The first kappa shape index (κ1) is 8.70. The van der Waals surface area contributed by atoms with Crippen LogP contribution in [0.2, 0.25) is 0 Å². The largest absolute Gasteiger partial charge is 0.327 e. The van der Waals surface area contributed by atoms with Crippen molar-refractivity contribution in [3.8, 4) is 0 Å². The Morgan fingerprint density at radius 2 is 2.57 bits per heavy atom. The molecule has 0 saturated carbocycles. The molecule has 0 aliphatic carbocycles.